The van der Waals surface area contributed by atoms with Crippen LogP contribution in [0.2, 0.25) is 0 Å². The molecule has 0 atom stereocenters. The number of thiophene rings is 1. The normalized spacial score (nSPS) is 13.3. The predicted octanol–water partition coefficient (Wildman–Crippen LogP) is 2.79. The first-order valence-corrected chi connectivity index (χ1v) is 11.3. The van der Waals surface area contributed by atoms with Crippen molar-refractivity contribution in [3.63, 3.8) is 0 Å². The van der Waals surface area contributed by atoms with E-state index in [0.29, 0.717) is 30.1 Å². The lowest BCUT2D eigenvalue weighted by molar-refractivity contribution is 0.102. The Morgan fingerprint density at radius 2 is 2.14 bits per heavy atom. The number of carbonyl (C=O) groups is 2. The average Bonchev–Trinajstić information content (AvgIpc) is 3.09. The lowest BCUT2D eigenvalue weighted by Crippen LogP contribution is -2.35. The van der Waals surface area contributed by atoms with Crippen LogP contribution in [0.3, 0.4) is 0 Å². The molecule has 0 radical (unpaired) electrons. The van der Waals surface area contributed by atoms with E-state index in [2.05, 4.69) is 11.4 Å². The van der Waals surface area contributed by atoms with Gasteiger partial charge in [0.2, 0.25) is 0 Å². The van der Waals surface area contributed by atoms with Gasteiger partial charge in [0.25, 0.3) is 5.91 Å². The van der Waals surface area contributed by atoms with Crippen LogP contribution < -0.4 is 5.32 Å². The number of sulfone groups is 1. The molecule has 1 N–H and O–H groups in total. The number of nitriles is 1. The Labute approximate surface area is 172 Å². The Hall–Kier alpha value is -2.90. The van der Waals surface area contributed by atoms with Crippen molar-refractivity contribution in [2.45, 2.75) is 24.8 Å². The first-order chi connectivity index (χ1) is 13.8. The monoisotopic (exact) mass is 433 g/mol. The fraction of sp³-hybridized carbons (Fsp3) is 0.316. The number of anilines is 1. The van der Waals surface area contributed by atoms with Gasteiger partial charge < -0.3 is 15.0 Å². The Bertz CT molecular complexity index is 1120. The number of carbonyl (C=O) groups excluding carboxylic acids is 2. The van der Waals surface area contributed by atoms with Gasteiger partial charge in [-0.05, 0) is 30.2 Å². The molecule has 0 fully saturated rings. The Morgan fingerprint density at radius 3 is 2.79 bits per heavy atom. The number of fused-ring (bicyclic) bond motifs is 1. The van der Waals surface area contributed by atoms with Gasteiger partial charge >= 0.3 is 6.09 Å². The lowest BCUT2D eigenvalue weighted by Gasteiger charge is -2.25. The molecule has 2 amide bonds. The number of hydrogen-bond donors (Lipinski definition) is 1. The van der Waals surface area contributed by atoms with Crippen LogP contribution in [-0.2, 0) is 27.5 Å². The number of ether oxygens (including phenoxy) is 1. The molecule has 0 spiro atoms. The van der Waals surface area contributed by atoms with E-state index < -0.39 is 21.8 Å². The third-order valence-corrected chi connectivity index (χ3v) is 7.53. The minimum Gasteiger partial charge on any atom is -0.453 e. The minimum atomic E-state index is -3.44. The fourth-order valence-corrected chi connectivity index (χ4v) is 5.20. The second kappa shape index (κ2) is 8.23. The first kappa shape index (κ1) is 20.8. The molecule has 10 heteroatoms. The number of amides is 2. The van der Waals surface area contributed by atoms with Crippen LogP contribution in [0.25, 0.3) is 0 Å². The largest absolute Gasteiger partial charge is 0.453 e. The van der Waals surface area contributed by atoms with E-state index in [-0.39, 0.29) is 16.2 Å². The van der Waals surface area contributed by atoms with Gasteiger partial charge in [0, 0.05) is 17.0 Å². The predicted molar refractivity (Wildman–Crippen MR) is 108 cm³/mol. The van der Waals surface area contributed by atoms with Gasteiger partial charge in [-0.25, -0.2) is 13.2 Å². The smallest absolute Gasteiger partial charge is 0.409 e. The molecule has 2 aromatic rings. The Balaban J connectivity index is 1.87. The molecular formula is C19H19N3O5S2. The molecule has 0 bridgehead atoms. The third-order valence-electron chi connectivity index (χ3n) is 4.66. The van der Waals surface area contributed by atoms with Crippen molar-refractivity contribution in [1.29, 1.82) is 5.26 Å². The van der Waals surface area contributed by atoms with Gasteiger partial charge in [-0.15, -0.1) is 11.3 Å². The summed E-state index contributed by atoms with van der Waals surface area (Å²) in [5, 5.41) is 12.7. The van der Waals surface area contributed by atoms with Crippen molar-refractivity contribution in [2.75, 3.05) is 24.7 Å². The zero-order valence-electron chi connectivity index (χ0n) is 15.9. The number of hydrogen-bond acceptors (Lipinski definition) is 7. The van der Waals surface area contributed by atoms with Crippen LogP contribution in [0, 0.1) is 11.3 Å². The topological polar surface area (TPSA) is 117 Å². The lowest BCUT2D eigenvalue weighted by atomic mass is 10.0. The molecule has 1 aliphatic rings. The van der Waals surface area contributed by atoms with Gasteiger partial charge in [-0.2, -0.15) is 5.26 Å². The second-order valence-electron chi connectivity index (χ2n) is 6.35. The van der Waals surface area contributed by atoms with E-state index >= 15 is 0 Å². The highest BCUT2D eigenvalue weighted by Crippen LogP contribution is 2.37. The van der Waals surface area contributed by atoms with Crippen LogP contribution >= 0.6 is 11.3 Å². The minimum absolute atomic E-state index is 0.0645. The summed E-state index contributed by atoms with van der Waals surface area (Å²) >= 11 is 1.23. The third kappa shape index (κ3) is 4.11. The Morgan fingerprint density at radius 1 is 1.38 bits per heavy atom. The van der Waals surface area contributed by atoms with Crippen molar-refractivity contribution < 1.29 is 22.7 Å². The highest BCUT2D eigenvalue weighted by molar-refractivity contribution is 7.91. The van der Waals surface area contributed by atoms with Crippen molar-refractivity contribution in [3.05, 3.63) is 45.8 Å². The van der Waals surface area contributed by atoms with Crippen LogP contribution in [0.1, 0.15) is 33.3 Å². The van der Waals surface area contributed by atoms with Crippen LogP contribution in [0.15, 0.2) is 29.2 Å². The summed E-state index contributed by atoms with van der Waals surface area (Å²) in [7, 11) is -2.13. The summed E-state index contributed by atoms with van der Waals surface area (Å²) in [6, 6.07) is 7.93. The van der Waals surface area contributed by atoms with E-state index in [9.17, 15) is 23.3 Å². The molecule has 29 heavy (non-hydrogen) atoms. The van der Waals surface area contributed by atoms with Gasteiger partial charge in [0.15, 0.2) is 9.84 Å². The summed E-state index contributed by atoms with van der Waals surface area (Å²) in [5.74, 6) is -0.566. The fourth-order valence-electron chi connectivity index (χ4n) is 3.07. The second-order valence-corrected chi connectivity index (χ2v) is 9.73. The molecule has 0 unspecified atom stereocenters. The van der Waals surface area contributed by atoms with Crippen molar-refractivity contribution >= 4 is 38.2 Å². The molecule has 1 aromatic heterocycles. The zero-order chi connectivity index (χ0) is 21.2. The van der Waals surface area contributed by atoms with E-state index in [4.69, 9.17) is 4.74 Å². The van der Waals surface area contributed by atoms with Crippen molar-refractivity contribution in [2.24, 2.45) is 0 Å². The van der Waals surface area contributed by atoms with Crippen LogP contribution in [-0.4, -0.2) is 44.7 Å². The molecule has 8 nitrogen and oxygen atoms in total. The SMILES string of the molecule is CCS(=O)(=O)c1cccc(C(=O)Nc2sc3c(c2C#N)CCN(C(=O)OC)C3)c1. The molecule has 0 aliphatic carbocycles. The van der Waals surface area contributed by atoms with Gasteiger partial charge in [0.1, 0.15) is 11.1 Å². The summed E-state index contributed by atoms with van der Waals surface area (Å²) in [5.41, 5.74) is 1.38. The first-order valence-electron chi connectivity index (χ1n) is 8.82. The summed E-state index contributed by atoms with van der Waals surface area (Å²) in [6.45, 7) is 2.27. The van der Waals surface area contributed by atoms with E-state index in [0.717, 1.165) is 10.4 Å². The number of methoxy groups -OCH3 is 1. The maximum absolute atomic E-state index is 12.7. The number of nitrogens with zero attached hydrogens (tertiary/aromatic N) is 2. The van der Waals surface area contributed by atoms with Gasteiger partial charge in [-0.1, -0.05) is 13.0 Å². The summed E-state index contributed by atoms with van der Waals surface area (Å²) in [4.78, 5) is 26.9. The zero-order valence-corrected chi connectivity index (χ0v) is 17.5. The highest BCUT2D eigenvalue weighted by atomic mass is 32.2. The Kier molecular flexibility index (Phi) is 5.91. The maximum Gasteiger partial charge on any atom is 0.409 e. The molecular weight excluding hydrogens is 414 g/mol. The van der Waals surface area contributed by atoms with Crippen LogP contribution in [0.5, 0.6) is 0 Å². The summed E-state index contributed by atoms with van der Waals surface area (Å²) in [6.07, 6.45) is 0.0475. The molecule has 0 saturated heterocycles. The number of rotatable bonds is 4. The maximum atomic E-state index is 12.7. The van der Waals surface area contributed by atoms with Gasteiger partial charge in [-0.3, -0.25) is 4.79 Å². The average molecular weight is 434 g/mol. The van der Waals surface area contributed by atoms with Gasteiger partial charge in [0.05, 0.1) is 29.9 Å². The summed E-state index contributed by atoms with van der Waals surface area (Å²) < 4.78 is 28.9. The van der Waals surface area contributed by atoms with E-state index in [1.807, 2.05) is 0 Å². The molecule has 152 valence electrons. The number of benzene rings is 1. The molecule has 0 saturated carbocycles. The molecule has 1 aromatic carbocycles. The van der Waals surface area contributed by atoms with E-state index in [1.165, 1.54) is 54.5 Å². The van der Waals surface area contributed by atoms with Crippen LogP contribution in [0.4, 0.5) is 9.80 Å². The standard InChI is InChI=1S/C19H19N3O5S2/c1-3-29(25,26)13-6-4-5-12(9-13)17(23)21-18-15(10-20)14-7-8-22(19(24)27-2)11-16(14)28-18/h4-6,9H,3,7-8,11H2,1-2H3,(H,21,23). The molecule has 1 aliphatic heterocycles. The van der Waals surface area contributed by atoms with E-state index in [1.54, 1.807) is 0 Å². The molecule has 2 heterocycles. The quantitative estimate of drug-likeness (QED) is 0.792. The van der Waals surface area contributed by atoms with Crippen molar-refractivity contribution in [3.8, 4) is 6.07 Å². The number of nitrogens with one attached hydrogen (secondary N) is 1. The van der Waals surface area contributed by atoms with Crippen molar-refractivity contribution in [1.82, 2.24) is 4.90 Å². The highest BCUT2D eigenvalue weighted by Gasteiger charge is 2.28. The molecule has 3 rings (SSSR count).